The van der Waals surface area contributed by atoms with Gasteiger partial charge in [-0.3, -0.25) is 14.4 Å². The first-order chi connectivity index (χ1) is 13.9. The van der Waals surface area contributed by atoms with Crippen molar-refractivity contribution in [1.29, 1.82) is 0 Å². The molecule has 1 aromatic carbocycles. The van der Waals surface area contributed by atoms with E-state index in [1.54, 1.807) is 24.3 Å². The summed E-state index contributed by atoms with van der Waals surface area (Å²) in [4.78, 5) is 16.4. The second-order valence-corrected chi connectivity index (χ2v) is 10.3. The van der Waals surface area contributed by atoms with Crippen LogP contribution in [0.5, 0.6) is 0 Å². The number of nitrogens with one attached hydrogen (secondary N) is 2. The van der Waals surface area contributed by atoms with E-state index in [-0.39, 0.29) is 18.3 Å². The van der Waals surface area contributed by atoms with Gasteiger partial charge in [-0.25, -0.2) is 8.42 Å². The van der Waals surface area contributed by atoms with Crippen LogP contribution in [-0.2, 0) is 23.0 Å². The minimum Gasteiger partial charge on any atom is -0.351 e. The molecule has 2 aromatic rings. The third kappa shape index (κ3) is 6.97. The lowest BCUT2D eigenvalue weighted by atomic mass is 9.96. The van der Waals surface area contributed by atoms with Crippen molar-refractivity contribution in [3.63, 3.8) is 0 Å². The lowest BCUT2D eigenvalue weighted by Gasteiger charge is -2.35. The molecule has 0 spiro atoms. The van der Waals surface area contributed by atoms with E-state index >= 15 is 0 Å². The molecule has 1 amide bonds. The van der Waals surface area contributed by atoms with Gasteiger partial charge in [0.2, 0.25) is 10.0 Å². The van der Waals surface area contributed by atoms with Crippen molar-refractivity contribution < 1.29 is 13.2 Å². The summed E-state index contributed by atoms with van der Waals surface area (Å²) < 4.78 is 24.9. The molecule has 1 aromatic heterocycles. The number of carbonyl (C=O) groups is 1. The van der Waals surface area contributed by atoms with Crippen molar-refractivity contribution >= 4 is 45.4 Å². The average molecular weight is 472 g/mol. The fourth-order valence-corrected chi connectivity index (χ4v) is 5.19. The maximum Gasteiger partial charge on any atom is 0.251 e. The number of fused-ring (bicyclic) bond motifs is 1. The second kappa shape index (κ2) is 11.1. The largest absolute Gasteiger partial charge is 0.351 e. The van der Waals surface area contributed by atoms with Crippen LogP contribution in [0.15, 0.2) is 35.7 Å². The summed E-state index contributed by atoms with van der Waals surface area (Å²) in [6.45, 7) is 4.60. The summed E-state index contributed by atoms with van der Waals surface area (Å²) in [6, 6.07) is 9.24. The number of thiophene rings is 1. The van der Waals surface area contributed by atoms with Crippen molar-refractivity contribution in [1.82, 2.24) is 10.2 Å². The summed E-state index contributed by atoms with van der Waals surface area (Å²) >= 11 is 1.82. The number of amides is 1. The molecular formula is C21H30ClN3O3S2. The van der Waals surface area contributed by atoms with Crippen molar-refractivity contribution in [2.45, 2.75) is 45.2 Å². The Labute approximate surface area is 189 Å². The van der Waals surface area contributed by atoms with E-state index in [0.29, 0.717) is 23.8 Å². The van der Waals surface area contributed by atoms with Crippen molar-refractivity contribution in [2.24, 2.45) is 0 Å². The minimum atomic E-state index is -3.32. The van der Waals surface area contributed by atoms with E-state index in [1.165, 1.54) is 29.7 Å². The fraction of sp³-hybridized carbons (Fsp3) is 0.476. The Morgan fingerprint density at radius 2 is 1.97 bits per heavy atom. The van der Waals surface area contributed by atoms with Gasteiger partial charge in [-0.05, 0) is 54.1 Å². The van der Waals surface area contributed by atoms with Crippen LogP contribution in [0.1, 0.15) is 47.0 Å². The zero-order valence-corrected chi connectivity index (χ0v) is 19.8. The highest BCUT2D eigenvalue weighted by atomic mass is 35.5. The first-order valence-corrected chi connectivity index (χ1v) is 12.8. The van der Waals surface area contributed by atoms with Gasteiger partial charge >= 0.3 is 0 Å². The highest BCUT2D eigenvalue weighted by molar-refractivity contribution is 7.92. The second-order valence-electron chi connectivity index (χ2n) is 7.55. The molecule has 1 unspecified atom stereocenters. The average Bonchev–Trinajstić information content (AvgIpc) is 3.12. The van der Waals surface area contributed by atoms with Crippen LogP contribution < -0.4 is 10.0 Å². The van der Waals surface area contributed by atoms with Crippen LogP contribution in [0.2, 0.25) is 0 Å². The molecule has 0 aliphatic carbocycles. The molecular weight excluding hydrogens is 442 g/mol. The van der Waals surface area contributed by atoms with Gasteiger partial charge in [-0.2, -0.15) is 0 Å². The van der Waals surface area contributed by atoms with Gasteiger partial charge in [0, 0.05) is 41.8 Å². The molecule has 166 valence electrons. The molecule has 3 rings (SSSR count). The molecule has 0 bridgehead atoms. The molecule has 6 nitrogen and oxygen atoms in total. The van der Waals surface area contributed by atoms with Crippen molar-refractivity contribution in [2.75, 3.05) is 24.1 Å². The number of hydrogen-bond donors (Lipinski definition) is 2. The summed E-state index contributed by atoms with van der Waals surface area (Å²) in [6.07, 6.45) is 5.81. The van der Waals surface area contributed by atoms with Crippen LogP contribution in [0.25, 0.3) is 0 Å². The number of anilines is 1. The number of nitrogens with zero attached hydrogens (tertiary/aromatic N) is 1. The molecule has 0 radical (unpaired) electrons. The normalized spacial score (nSPS) is 16.4. The maximum absolute atomic E-state index is 12.4. The third-order valence-electron chi connectivity index (χ3n) is 5.18. The topological polar surface area (TPSA) is 78.5 Å². The van der Waals surface area contributed by atoms with Crippen molar-refractivity contribution in [3.05, 3.63) is 51.7 Å². The highest BCUT2D eigenvalue weighted by Crippen LogP contribution is 2.29. The van der Waals surface area contributed by atoms with Gasteiger partial charge in [0.15, 0.2) is 0 Å². The number of hydrogen-bond acceptors (Lipinski definition) is 5. The Kier molecular flexibility index (Phi) is 9.15. The summed E-state index contributed by atoms with van der Waals surface area (Å²) in [5.74, 6) is -0.144. The molecule has 2 heterocycles. The van der Waals surface area contributed by atoms with E-state index in [1.807, 2.05) is 11.3 Å². The van der Waals surface area contributed by atoms with Crippen LogP contribution in [0.3, 0.4) is 0 Å². The Balaban J connectivity index is 0.00000320. The van der Waals surface area contributed by atoms with Gasteiger partial charge in [0.05, 0.1) is 6.26 Å². The first-order valence-electron chi connectivity index (χ1n) is 10.0. The fourth-order valence-electron chi connectivity index (χ4n) is 3.69. The Morgan fingerprint density at radius 1 is 1.23 bits per heavy atom. The molecule has 0 saturated heterocycles. The van der Waals surface area contributed by atoms with Gasteiger partial charge in [-0.15, -0.1) is 23.7 Å². The van der Waals surface area contributed by atoms with E-state index in [2.05, 4.69) is 33.3 Å². The molecule has 0 fully saturated rings. The number of unbranched alkanes of at least 4 members (excludes halogenated alkanes) is 1. The zero-order valence-electron chi connectivity index (χ0n) is 17.4. The standard InChI is InChI=1S/C21H29N3O3S2.ClH/c1-3-4-5-19-14-17-10-13-28-20(17)15-24(19)12-11-22-21(25)16-6-8-18(9-7-16)23-29(2,26)27;/h6-10,13,19,23H,3-5,11-12,14-15H2,1-2H3,(H,22,25);1H. The lowest BCUT2D eigenvalue weighted by molar-refractivity contribution is 0.0938. The Morgan fingerprint density at radius 3 is 2.63 bits per heavy atom. The smallest absolute Gasteiger partial charge is 0.251 e. The van der Waals surface area contributed by atoms with Crippen molar-refractivity contribution in [3.8, 4) is 0 Å². The van der Waals surface area contributed by atoms with Crippen LogP contribution in [0, 0.1) is 0 Å². The Hall–Kier alpha value is -1.61. The minimum absolute atomic E-state index is 0. The van der Waals surface area contributed by atoms with Crippen LogP contribution in [-0.4, -0.2) is 44.6 Å². The van der Waals surface area contributed by atoms with E-state index in [9.17, 15) is 13.2 Å². The SMILES string of the molecule is CCCCC1Cc2ccsc2CN1CCNC(=O)c1ccc(NS(C)(=O)=O)cc1.Cl. The summed E-state index contributed by atoms with van der Waals surface area (Å²) in [5, 5.41) is 5.17. The number of sulfonamides is 1. The van der Waals surface area contributed by atoms with Gasteiger partial charge in [0.1, 0.15) is 0 Å². The van der Waals surface area contributed by atoms with E-state index in [0.717, 1.165) is 25.8 Å². The number of benzene rings is 1. The van der Waals surface area contributed by atoms with Gasteiger partial charge < -0.3 is 5.32 Å². The zero-order chi connectivity index (χ0) is 20.9. The first kappa shape index (κ1) is 24.7. The monoisotopic (exact) mass is 471 g/mol. The predicted molar refractivity (Wildman–Crippen MR) is 126 cm³/mol. The van der Waals surface area contributed by atoms with Gasteiger partial charge in [0.25, 0.3) is 5.91 Å². The molecule has 9 heteroatoms. The predicted octanol–water partition coefficient (Wildman–Crippen LogP) is 3.89. The van der Waals surface area contributed by atoms with E-state index < -0.39 is 10.0 Å². The van der Waals surface area contributed by atoms with Gasteiger partial charge in [-0.1, -0.05) is 19.8 Å². The number of halogens is 1. The molecule has 30 heavy (non-hydrogen) atoms. The summed E-state index contributed by atoms with van der Waals surface area (Å²) in [7, 11) is -3.32. The van der Waals surface area contributed by atoms with Crippen LogP contribution >= 0.6 is 23.7 Å². The maximum atomic E-state index is 12.4. The van der Waals surface area contributed by atoms with E-state index in [4.69, 9.17) is 0 Å². The Bertz CT molecular complexity index is 929. The molecule has 1 aliphatic rings. The molecule has 2 N–H and O–H groups in total. The summed E-state index contributed by atoms with van der Waals surface area (Å²) in [5.41, 5.74) is 2.45. The highest BCUT2D eigenvalue weighted by Gasteiger charge is 2.26. The lowest BCUT2D eigenvalue weighted by Crippen LogP contribution is -2.44. The number of carbonyl (C=O) groups excluding carboxylic acids is 1. The molecule has 0 saturated carbocycles. The quantitative estimate of drug-likeness (QED) is 0.581. The molecule has 1 atom stereocenters. The number of rotatable bonds is 9. The third-order valence-corrected chi connectivity index (χ3v) is 6.74. The molecule has 1 aliphatic heterocycles. The van der Waals surface area contributed by atoms with Crippen LogP contribution in [0.4, 0.5) is 5.69 Å².